The molecular weight excluding hydrogens is 214 g/mol. The third-order valence-electron chi connectivity index (χ3n) is 3.11. The lowest BCUT2D eigenvalue weighted by atomic mass is 10.0. The predicted octanol–water partition coefficient (Wildman–Crippen LogP) is 2.34. The van der Waals surface area contributed by atoms with E-state index in [9.17, 15) is 0 Å². The second-order valence-corrected chi connectivity index (χ2v) is 4.37. The number of hydrogen-bond acceptors (Lipinski definition) is 3. The lowest BCUT2D eigenvalue weighted by Gasteiger charge is -2.10. The van der Waals surface area contributed by atoms with Gasteiger partial charge in [0.1, 0.15) is 0 Å². The summed E-state index contributed by atoms with van der Waals surface area (Å²) in [7, 11) is 0. The lowest BCUT2D eigenvalue weighted by Crippen LogP contribution is -2.11. The van der Waals surface area contributed by atoms with Crippen molar-refractivity contribution in [1.82, 2.24) is 9.78 Å². The maximum atomic E-state index is 6.11. The molecule has 2 N–H and O–H groups in total. The topological polar surface area (TPSA) is 53.1 Å². The van der Waals surface area contributed by atoms with Crippen LogP contribution in [0.2, 0.25) is 0 Å². The van der Waals surface area contributed by atoms with Crippen molar-refractivity contribution in [2.24, 2.45) is 5.73 Å². The van der Waals surface area contributed by atoms with Crippen LogP contribution in [0.5, 0.6) is 0 Å². The highest BCUT2D eigenvalue weighted by Crippen LogP contribution is 2.22. The molecule has 0 saturated carbocycles. The SMILES string of the molecule is CCOCCCn1nc(C)c(C(N)CC)c1C. The third-order valence-corrected chi connectivity index (χ3v) is 3.11. The average Bonchev–Trinajstić information content (AvgIpc) is 2.59. The van der Waals surface area contributed by atoms with Crippen LogP contribution in [0.1, 0.15) is 49.7 Å². The monoisotopic (exact) mass is 239 g/mol. The standard InChI is InChI=1S/C13H25N3O/c1-5-12(14)13-10(3)15-16(11(13)4)8-7-9-17-6-2/h12H,5-9,14H2,1-4H3. The van der Waals surface area contributed by atoms with Crippen molar-refractivity contribution < 1.29 is 4.74 Å². The molecular formula is C13H25N3O. The number of nitrogens with two attached hydrogens (primary N) is 1. The van der Waals surface area contributed by atoms with E-state index in [4.69, 9.17) is 10.5 Å². The van der Waals surface area contributed by atoms with Gasteiger partial charge in [0, 0.05) is 37.1 Å². The Bertz CT molecular complexity index is 347. The number of aryl methyl sites for hydroxylation is 2. The Morgan fingerprint density at radius 3 is 2.65 bits per heavy atom. The highest BCUT2D eigenvalue weighted by Gasteiger charge is 2.16. The second-order valence-electron chi connectivity index (χ2n) is 4.37. The summed E-state index contributed by atoms with van der Waals surface area (Å²) in [5.41, 5.74) is 9.58. The van der Waals surface area contributed by atoms with Gasteiger partial charge in [0.25, 0.3) is 0 Å². The number of hydrogen-bond donors (Lipinski definition) is 1. The van der Waals surface area contributed by atoms with Crippen LogP contribution >= 0.6 is 0 Å². The molecule has 4 nitrogen and oxygen atoms in total. The molecule has 1 rings (SSSR count). The minimum Gasteiger partial charge on any atom is -0.382 e. The molecule has 1 aromatic heterocycles. The van der Waals surface area contributed by atoms with E-state index in [0.717, 1.165) is 38.3 Å². The molecule has 0 aliphatic carbocycles. The molecule has 1 atom stereocenters. The van der Waals surface area contributed by atoms with Gasteiger partial charge in [-0.1, -0.05) is 6.92 Å². The van der Waals surface area contributed by atoms with E-state index in [0.29, 0.717) is 0 Å². The molecule has 0 saturated heterocycles. The Kier molecular flexibility index (Phi) is 5.65. The summed E-state index contributed by atoms with van der Waals surface area (Å²) in [5, 5.41) is 4.56. The largest absolute Gasteiger partial charge is 0.382 e. The Hall–Kier alpha value is -0.870. The zero-order chi connectivity index (χ0) is 12.8. The van der Waals surface area contributed by atoms with E-state index in [2.05, 4.69) is 23.6 Å². The molecule has 1 heterocycles. The smallest absolute Gasteiger partial charge is 0.0644 e. The van der Waals surface area contributed by atoms with E-state index >= 15 is 0 Å². The normalized spacial score (nSPS) is 13.0. The molecule has 0 aliphatic rings. The minimum absolute atomic E-state index is 0.107. The summed E-state index contributed by atoms with van der Waals surface area (Å²) < 4.78 is 7.39. The van der Waals surface area contributed by atoms with Crippen molar-refractivity contribution >= 4 is 0 Å². The molecule has 0 fully saturated rings. The Balaban J connectivity index is 2.68. The molecule has 4 heteroatoms. The van der Waals surface area contributed by atoms with Gasteiger partial charge >= 0.3 is 0 Å². The van der Waals surface area contributed by atoms with Crippen LogP contribution in [0.15, 0.2) is 0 Å². The van der Waals surface area contributed by atoms with Crippen LogP contribution in [-0.4, -0.2) is 23.0 Å². The van der Waals surface area contributed by atoms with E-state index in [1.807, 2.05) is 13.8 Å². The van der Waals surface area contributed by atoms with Crippen molar-refractivity contribution in [2.45, 2.75) is 53.1 Å². The molecule has 0 aliphatic heterocycles. The molecule has 0 spiro atoms. The quantitative estimate of drug-likeness (QED) is 0.743. The van der Waals surface area contributed by atoms with Gasteiger partial charge in [0.05, 0.1) is 5.69 Å². The van der Waals surface area contributed by atoms with Gasteiger partial charge in [0.2, 0.25) is 0 Å². The number of nitrogens with zero attached hydrogens (tertiary/aromatic N) is 2. The van der Waals surface area contributed by atoms with Gasteiger partial charge in [-0.25, -0.2) is 0 Å². The highest BCUT2D eigenvalue weighted by atomic mass is 16.5. The second kappa shape index (κ2) is 6.77. The van der Waals surface area contributed by atoms with Gasteiger partial charge in [-0.2, -0.15) is 5.10 Å². The van der Waals surface area contributed by atoms with Crippen molar-refractivity contribution in [1.29, 1.82) is 0 Å². The maximum Gasteiger partial charge on any atom is 0.0644 e. The number of rotatable bonds is 7. The van der Waals surface area contributed by atoms with E-state index in [1.54, 1.807) is 0 Å². The molecule has 0 bridgehead atoms. The minimum atomic E-state index is 0.107. The summed E-state index contributed by atoms with van der Waals surface area (Å²) in [6.45, 7) is 10.7. The first-order valence-electron chi connectivity index (χ1n) is 6.49. The predicted molar refractivity (Wildman–Crippen MR) is 70.0 cm³/mol. The zero-order valence-corrected chi connectivity index (χ0v) is 11.5. The van der Waals surface area contributed by atoms with Crippen LogP contribution in [0.25, 0.3) is 0 Å². The third kappa shape index (κ3) is 3.54. The summed E-state index contributed by atoms with van der Waals surface area (Å²) in [6, 6.07) is 0.107. The van der Waals surface area contributed by atoms with Crippen molar-refractivity contribution in [3.63, 3.8) is 0 Å². The van der Waals surface area contributed by atoms with Gasteiger partial charge < -0.3 is 10.5 Å². The molecule has 0 radical (unpaired) electrons. The first-order chi connectivity index (χ1) is 8.11. The summed E-state index contributed by atoms with van der Waals surface area (Å²) in [5.74, 6) is 0. The highest BCUT2D eigenvalue weighted by molar-refractivity contribution is 5.27. The Morgan fingerprint density at radius 1 is 1.35 bits per heavy atom. The molecule has 98 valence electrons. The maximum absolute atomic E-state index is 6.11. The van der Waals surface area contributed by atoms with Crippen molar-refractivity contribution in [3.05, 3.63) is 17.0 Å². The van der Waals surface area contributed by atoms with E-state index in [1.165, 1.54) is 11.3 Å². The van der Waals surface area contributed by atoms with Crippen LogP contribution in [0.3, 0.4) is 0 Å². The van der Waals surface area contributed by atoms with Crippen LogP contribution in [0, 0.1) is 13.8 Å². The molecule has 1 aromatic rings. The van der Waals surface area contributed by atoms with Crippen LogP contribution < -0.4 is 5.73 Å². The summed E-state index contributed by atoms with van der Waals surface area (Å²) in [6.07, 6.45) is 1.95. The Morgan fingerprint density at radius 2 is 2.06 bits per heavy atom. The fourth-order valence-electron chi connectivity index (χ4n) is 2.13. The molecule has 17 heavy (non-hydrogen) atoms. The average molecular weight is 239 g/mol. The van der Waals surface area contributed by atoms with Crippen LogP contribution in [0.4, 0.5) is 0 Å². The number of aromatic nitrogens is 2. The first kappa shape index (κ1) is 14.2. The molecule has 0 amide bonds. The molecule has 1 unspecified atom stereocenters. The van der Waals surface area contributed by atoms with Gasteiger partial charge in [-0.05, 0) is 33.6 Å². The Labute approximate surface area is 104 Å². The summed E-state index contributed by atoms with van der Waals surface area (Å²) in [4.78, 5) is 0. The van der Waals surface area contributed by atoms with Crippen molar-refractivity contribution in [2.75, 3.05) is 13.2 Å². The van der Waals surface area contributed by atoms with Gasteiger partial charge in [-0.15, -0.1) is 0 Å². The summed E-state index contributed by atoms with van der Waals surface area (Å²) >= 11 is 0. The fraction of sp³-hybridized carbons (Fsp3) is 0.769. The van der Waals surface area contributed by atoms with Crippen molar-refractivity contribution in [3.8, 4) is 0 Å². The fourth-order valence-corrected chi connectivity index (χ4v) is 2.13. The number of ether oxygens (including phenoxy) is 1. The first-order valence-corrected chi connectivity index (χ1v) is 6.49. The molecule has 0 aromatic carbocycles. The van der Waals surface area contributed by atoms with Gasteiger partial charge in [-0.3, -0.25) is 4.68 Å². The lowest BCUT2D eigenvalue weighted by molar-refractivity contribution is 0.140. The van der Waals surface area contributed by atoms with E-state index in [-0.39, 0.29) is 6.04 Å². The van der Waals surface area contributed by atoms with E-state index < -0.39 is 0 Å². The van der Waals surface area contributed by atoms with Gasteiger partial charge in [0.15, 0.2) is 0 Å². The zero-order valence-electron chi connectivity index (χ0n) is 11.5. The van der Waals surface area contributed by atoms with Crippen LogP contribution in [-0.2, 0) is 11.3 Å².